The maximum absolute atomic E-state index is 12.1. The molecule has 1 unspecified atom stereocenters. The van der Waals surface area contributed by atoms with Crippen LogP contribution in [0.2, 0.25) is 0 Å². The topological polar surface area (TPSA) is 17.1 Å². The lowest BCUT2D eigenvalue weighted by molar-refractivity contribution is 0.685. The molecule has 19 heavy (non-hydrogen) atoms. The fourth-order valence-corrected chi connectivity index (χ4v) is 2.71. The quantitative estimate of drug-likeness (QED) is 0.682. The van der Waals surface area contributed by atoms with Crippen molar-refractivity contribution in [2.45, 2.75) is 45.4 Å². The van der Waals surface area contributed by atoms with Gasteiger partial charge in [-0.1, -0.05) is 41.0 Å². The van der Waals surface area contributed by atoms with Crippen molar-refractivity contribution in [2.24, 2.45) is 0 Å². The van der Waals surface area contributed by atoms with Gasteiger partial charge >= 0.3 is 0 Å². The van der Waals surface area contributed by atoms with Gasteiger partial charge in [0.05, 0.1) is 10.8 Å². The first kappa shape index (κ1) is 15.9. The van der Waals surface area contributed by atoms with Crippen LogP contribution < -0.4 is 0 Å². The van der Waals surface area contributed by atoms with E-state index in [0.717, 1.165) is 17.7 Å². The highest BCUT2D eigenvalue weighted by Crippen LogP contribution is 2.13. The molecule has 0 aliphatic heterocycles. The standard InChI is InChI=1S/C17H24OS/c1-5-14(2)6-7-16(4)12-13-19(18)17-10-8-15(3)9-11-17/h5,8-12H,6-7,13H2,1-4H3/b14-5+,16-12+. The van der Waals surface area contributed by atoms with Crippen LogP contribution in [0.1, 0.15) is 39.2 Å². The predicted octanol–water partition coefficient (Wildman–Crippen LogP) is 4.80. The fraction of sp³-hybridized carbons (Fsp3) is 0.412. The highest BCUT2D eigenvalue weighted by molar-refractivity contribution is 7.85. The lowest BCUT2D eigenvalue weighted by Crippen LogP contribution is -1.96. The Morgan fingerprint density at radius 3 is 2.26 bits per heavy atom. The molecule has 0 saturated heterocycles. The molecule has 0 bridgehead atoms. The van der Waals surface area contributed by atoms with E-state index in [1.54, 1.807) is 0 Å². The molecule has 0 radical (unpaired) electrons. The smallest absolute Gasteiger partial charge is 0.0568 e. The first-order valence-electron chi connectivity index (χ1n) is 6.75. The zero-order chi connectivity index (χ0) is 14.3. The second kappa shape index (κ2) is 8.11. The van der Waals surface area contributed by atoms with E-state index in [0.29, 0.717) is 5.75 Å². The molecule has 0 aromatic heterocycles. The Morgan fingerprint density at radius 1 is 1.11 bits per heavy atom. The Balaban J connectivity index is 2.50. The third-order valence-corrected chi connectivity index (χ3v) is 4.54. The molecule has 0 aliphatic rings. The van der Waals surface area contributed by atoms with Crippen molar-refractivity contribution in [3.8, 4) is 0 Å². The van der Waals surface area contributed by atoms with Crippen molar-refractivity contribution in [3.63, 3.8) is 0 Å². The lowest BCUT2D eigenvalue weighted by atomic mass is 10.1. The average Bonchev–Trinajstić information content (AvgIpc) is 2.42. The van der Waals surface area contributed by atoms with Gasteiger partial charge in [-0.2, -0.15) is 0 Å². The van der Waals surface area contributed by atoms with Gasteiger partial charge in [-0.05, 0) is 52.7 Å². The molecule has 1 aromatic rings. The van der Waals surface area contributed by atoms with Crippen molar-refractivity contribution in [1.29, 1.82) is 0 Å². The highest BCUT2D eigenvalue weighted by atomic mass is 32.2. The fourth-order valence-electron chi connectivity index (χ4n) is 1.64. The van der Waals surface area contributed by atoms with Crippen LogP contribution >= 0.6 is 0 Å². The number of aryl methyl sites for hydroxylation is 1. The Kier molecular flexibility index (Phi) is 6.79. The van der Waals surface area contributed by atoms with Crippen LogP contribution in [0.4, 0.5) is 0 Å². The molecule has 0 aliphatic carbocycles. The molecular weight excluding hydrogens is 252 g/mol. The van der Waals surface area contributed by atoms with Crippen LogP contribution in [0.3, 0.4) is 0 Å². The first-order valence-corrected chi connectivity index (χ1v) is 8.07. The summed E-state index contributed by atoms with van der Waals surface area (Å²) in [6.07, 6.45) is 6.41. The number of rotatable bonds is 6. The van der Waals surface area contributed by atoms with Crippen LogP contribution in [-0.4, -0.2) is 9.96 Å². The minimum atomic E-state index is -0.919. The largest absolute Gasteiger partial charge is 0.254 e. The van der Waals surface area contributed by atoms with E-state index < -0.39 is 10.8 Å². The number of benzene rings is 1. The lowest BCUT2D eigenvalue weighted by Gasteiger charge is -2.03. The minimum absolute atomic E-state index is 0.615. The molecule has 104 valence electrons. The van der Waals surface area contributed by atoms with Gasteiger partial charge in [-0.15, -0.1) is 0 Å². The predicted molar refractivity (Wildman–Crippen MR) is 84.9 cm³/mol. The molecule has 1 atom stereocenters. The molecule has 0 spiro atoms. The van der Waals surface area contributed by atoms with Crippen molar-refractivity contribution < 1.29 is 4.21 Å². The van der Waals surface area contributed by atoms with E-state index >= 15 is 0 Å². The van der Waals surface area contributed by atoms with Crippen molar-refractivity contribution >= 4 is 10.8 Å². The van der Waals surface area contributed by atoms with Crippen molar-refractivity contribution in [3.05, 3.63) is 53.1 Å². The summed E-state index contributed by atoms with van der Waals surface area (Å²) in [7, 11) is -0.919. The highest BCUT2D eigenvalue weighted by Gasteiger charge is 2.01. The Hall–Kier alpha value is -1.15. The zero-order valence-electron chi connectivity index (χ0n) is 12.4. The molecule has 1 nitrogen and oxygen atoms in total. The molecule has 0 saturated carbocycles. The number of allylic oxidation sites excluding steroid dienone is 3. The molecule has 0 amide bonds. The normalized spacial score (nSPS) is 14.5. The third-order valence-electron chi connectivity index (χ3n) is 3.27. The summed E-state index contributed by atoms with van der Waals surface area (Å²) in [6.45, 7) is 8.38. The SMILES string of the molecule is C/C=C(\C)CC/C(C)=C/CS(=O)c1ccc(C)cc1. The summed E-state index contributed by atoms with van der Waals surface area (Å²) in [5, 5.41) is 0. The van der Waals surface area contributed by atoms with Crippen LogP contribution in [-0.2, 0) is 10.8 Å². The van der Waals surface area contributed by atoms with Gasteiger partial charge in [0.2, 0.25) is 0 Å². The molecule has 1 aromatic carbocycles. The summed E-state index contributed by atoms with van der Waals surface area (Å²) in [4.78, 5) is 0.916. The van der Waals surface area contributed by atoms with Gasteiger partial charge in [0.25, 0.3) is 0 Å². The number of hydrogen-bond acceptors (Lipinski definition) is 1. The van der Waals surface area contributed by atoms with Crippen LogP contribution in [0, 0.1) is 6.92 Å². The van der Waals surface area contributed by atoms with Crippen LogP contribution in [0.5, 0.6) is 0 Å². The van der Waals surface area contributed by atoms with Gasteiger partial charge in [-0.3, -0.25) is 4.21 Å². The zero-order valence-corrected chi connectivity index (χ0v) is 13.2. The molecule has 1 rings (SSSR count). The summed E-state index contributed by atoms with van der Waals surface area (Å²) in [5.74, 6) is 0.615. The van der Waals surface area contributed by atoms with Gasteiger partial charge in [-0.25, -0.2) is 0 Å². The molecule has 0 fully saturated rings. The van der Waals surface area contributed by atoms with Gasteiger partial charge in [0, 0.05) is 10.6 Å². The molecule has 0 heterocycles. The second-order valence-corrected chi connectivity index (χ2v) is 6.51. The summed E-state index contributed by atoms with van der Waals surface area (Å²) in [6, 6.07) is 7.94. The average molecular weight is 276 g/mol. The maximum Gasteiger partial charge on any atom is 0.0568 e. The summed E-state index contributed by atoms with van der Waals surface area (Å²) < 4.78 is 12.1. The maximum atomic E-state index is 12.1. The van der Waals surface area contributed by atoms with Gasteiger partial charge in [0.15, 0.2) is 0 Å². The molecule has 2 heteroatoms. The van der Waals surface area contributed by atoms with E-state index in [9.17, 15) is 4.21 Å². The van der Waals surface area contributed by atoms with Gasteiger partial charge in [0.1, 0.15) is 0 Å². The molecular formula is C17H24OS. The Bertz CT molecular complexity index is 480. The van der Waals surface area contributed by atoms with Gasteiger partial charge < -0.3 is 0 Å². The van der Waals surface area contributed by atoms with E-state index in [-0.39, 0.29) is 0 Å². The van der Waals surface area contributed by atoms with Crippen LogP contribution in [0.15, 0.2) is 52.5 Å². The van der Waals surface area contributed by atoms with E-state index in [1.807, 2.05) is 31.2 Å². The second-order valence-electron chi connectivity index (χ2n) is 5.01. The van der Waals surface area contributed by atoms with E-state index in [2.05, 4.69) is 32.9 Å². The minimum Gasteiger partial charge on any atom is -0.254 e. The first-order chi connectivity index (χ1) is 9.02. The van der Waals surface area contributed by atoms with E-state index in [4.69, 9.17) is 0 Å². The van der Waals surface area contributed by atoms with Crippen molar-refractivity contribution in [1.82, 2.24) is 0 Å². The Labute approximate surface area is 119 Å². The summed E-state index contributed by atoms with van der Waals surface area (Å²) in [5.41, 5.74) is 3.93. The monoisotopic (exact) mass is 276 g/mol. The summed E-state index contributed by atoms with van der Waals surface area (Å²) >= 11 is 0. The van der Waals surface area contributed by atoms with E-state index in [1.165, 1.54) is 16.7 Å². The Morgan fingerprint density at radius 2 is 1.68 bits per heavy atom. The molecule has 0 N–H and O–H groups in total. The third kappa shape index (κ3) is 6.02. The number of hydrogen-bond donors (Lipinski definition) is 0. The van der Waals surface area contributed by atoms with Crippen LogP contribution in [0.25, 0.3) is 0 Å². The van der Waals surface area contributed by atoms with Crippen molar-refractivity contribution in [2.75, 3.05) is 5.75 Å².